The van der Waals surface area contributed by atoms with E-state index in [1.807, 2.05) is 0 Å². The number of carbonyl (C=O) groups is 1. The number of aliphatic hydroxyl groups is 1. The van der Waals surface area contributed by atoms with Gasteiger partial charge in [-0.2, -0.15) is 17.4 Å². The summed E-state index contributed by atoms with van der Waals surface area (Å²) < 4.78 is 27.8. The number of hydrogen-bond donors (Lipinski definition) is 2. The van der Waals surface area contributed by atoms with Gasteiger partial charge in [-0.15, -0.1) is 0 Å². The van der Waals surface area contributed by atoms with Crippen molar-refractivity contribution in [2.75, 3.05) is 6.54 Å². The molecule has 0 amide bonds. The largest absolute Gasteiger partial charge is 0.391 e. The number of aldehydes is 1. The van der Waals surface area contributed by atoms with Gasteiger partial charge in [0.1, 0.15) is 6.29 Å². The molecule has 3 aliphatic rings. The average Bonchev–Trinajstić information content (AvgIpc) is 2.73. The van der Waals surface area contributed by atoms with Gasteiger partial charge in [0.2, 0.25) is 0 Å². The number of fused-ring (bicyclic) bond motifs is 1. The first-order chi connectivity index (χ1) is 9.51. The van der Waals surface area contributed by atoms with Crippen molar-refractivity contribution in [3.8, 4) is 0 Å². The van der Waals surface area contributed by atoms with Crippen LogP contribution in [0.1, 0.15) is 38.5 Å². The fourth-order valence-electron chi connectivity index (χ4n) is 4.12. The van der Waals surface area contributed by atoms with E-state index >= 15 is 0 Å². The molecule has 6 nitrogen and oxygen atoms in total. The third-order valence-electron chi connectivity index (χ3n) is 5.12. The van der Waals surface area contributed by atoms with E-state index in [9.17, 15) is 18.3 Å². The Morgan fingerprint density at radius 3 is 2.40 bits per heavy atom. The molecule has 1 saturated heterocycles. The van der Waals surface area contributed by atoms with Crippen LogP contribution in [0.15, 0.2) is 0 Å². The third-order valence-corrected chi connectivity index (χ3v) is 6.76. The maximum absolute atomic E-state index is 12.1. The lowest BCUT2D eigenvalue weighted by Gasteiger charge is -2.44. The Morgan fingerprint density at radius 2 is 1.80 bits per heavy atom. The van der Waals surface area contributed by atoms with Crippen molar-refractivity contribution in [1.29, 1.82) is 0 Å². The summed E-state index contributed by atoms with van der Waals surface area (Å²) in [4.78, 5) is 10.8. The van der Waals surface area contributed by atoms with Crippen molar-refractivity contribution < 1.29 is 18.3 Å². The summed E-state index contributed by atoms with van der Waals surface area (Å²) in [5.74, 6) is 1.05. The van der Waals surface area contributed by atoms with Gasteiger partial charge in [-0.1, -0.05) is 25.7 Å². The second-order valence-electron chi connectivity index (χ2n) is 6.35. The summed E-state index contributed by atoms with van der Waals surface area (Å²) in [5, 5.41) is 10.3. The normalized spacial score (nSPS) is 45.0. The highest BCUT2D eigenvalue weighted by atomic mass is 32.2. The van der Waals surface area contributed by atoms with E-state index in [-0.39, 0.29) is 12.6 Å². The van der Waals surface area contributed by atoms with Crippen molar-refractivity contribution in [2.45, 2.75) is 56.7 Å². The van der Waals surface area contributed by atoms with Crippen LogP contribution in [0.2, 0.25) is 0 Å². The molecule has 5 atom stereocenters. The zero-order chi connectivity index (χ0) is 14.3. The van der Waals surface area contributed by atoms with Crippen LogP contribution in [-0.2, 0) is 15.0 Å². The van der Waals surface area contributed by atoms with Gasteiger partial charge < -0.3 is 9.90 Å². The van der Waals surface area contributed by atoms with E-state index in [0.717, 1.165) is 19.3 Å². The van der Waals surface area contributed by atoms with E-state index in [1.54, 1.807) is 0 Å². The number of nitrogens with zero attached hydrogens (tertiary/aromatic N) is 1. The first-order valence-electron chi connectivity index (χ1n) is 7.43. The predicted molar refractivity (Wildman–Crippen MR) is 73.1 cm³/mol. The molecule has 0 aromatic rings. The van der Waals surface area contributed by atoms with Crippen LogP contribution in [0.25, 0.3) is 0 Å². The molecule has 2 N–H and O–H groups in total. The molecule has 0 aromatic carbocycles. The minimum Gasteiger partial charge on any atom is -0.391 e. The van der Waals surface area contributed by atoms with Crippen LogP contribution in [0.3, 0.4) is 0 Å². The number of hydrogen-bond acceptors (Lipinski definition) is 4. The van der Waals surface area contributed by atoms with Crippen molar-refractivity contribution in [2.24, 2.45) is 11.8 Å². The van der Waals surface area contributed by atoms with Gasteiger partial charge in [0.05, 0.1) is 18.2 Å². The molecule has 20 heavy (non-hydrogen) atoms. The standard InChI is InChI=1S/C13H22N2O4S/c16-8-11-7-15(20(18,19)14-11)12-5-9-3-1-2-4-10(9)6-13(12)17/h8-14,17H,1-7H2. The summed E-state index contributed by atoms with van der Waals surface area (Å²) in [6.07, 6.45) is 6.11. The van der Waals surface area contributed by atoms with Gasteiger partial charge in [-0.3, -0.25) is 0 Å². The first-order valence-corrected chi connectivity index (χ1v) is 8.87. The molecule has 0 bridgehead atoms. The lowest BCUT2D eigenvalue weighted by molar-refractivity contribution is -0.109. The van der Waals surface area contributed by atoms with E-state index < -0.39 is 22.4 Å². The molecular weight excluding hydrogens is 280 g/mol. The molecule has 0 aromatic heterocycles. The van der Waals surface area contributed by atoms with Gasteiger partial charge in [0, 0.05) is 6.54 Å². The lowest BCUT2D eigenvalue weighted by Crippen LogP contribution is -2.51. The van der Waals surface area contributed by atoms with Crippen LogP contribution < -0.4 is 4.72 Å². The highest BCUT2D eigenvalue weighted by Crippen LogP contribution is 2.42. The fourth-order valence-corrected chi connectivity index (χ4v) is 5.71. The summed E-state index contributed by atoms with van der Waals surface area (Å²) in [6.45, 7) is 0.144. The molecule has 0 spiro atoms. The minimum atomic E-state index is -3.63. The highest BCUT2D eigenvalue weighted by Gasteiger charge is 2.47. The van der Waals surface area contributed by atoms with Crippen molar-refractivity contribution >= 4 is 16.5 Å². The summed E-state index contributed by atoms with van der Waals surface area (Å²) in [7, 11) is -3.63. The molecule has 1 heterocycles. The average molecular weight is 302 g/mol. The number of rotatable bonds is 2. The Kier molecular flexibility index (Phi) is 3.87. The first kappa shape index (κ1) is 14.4. The van der Waals surface area contributed by atoms with Gasteiger partial charge in [0.15, 0.2) is 0 Å². The summed E-state index contributed by atoms with van der Waals surface area (Å²) >= 11 is 0. The molecule has 114 valence electrons. The van der Waals surface area contributed by atoms with Crippen LogP contribution in [-0.4, -0.2) is 48.8 Å². The van der Waals surface area contributed by atoms with Crippen LogP contribution in [0.5, 0.6) is 0 Å². The maximum atomic E-state index is 12.1. The molecule has 2 saturated carbocycles. The monoisotopic (exact) mass is 302 g/mol. The Balaban J connectivity index is 1.77. The molecule has 0 radical (unpaired) electrons. The maximum Gasteiger partial charge on any atom is 0.280 e. The zero-order valence-electron chi connectivity index (χ0n) is 11.4. The van der Waals surface area contributed by atoms with Crippen molar-refractivity contribution in [3.05, 3.63) is 0 Å². The fraction of sp³-hybridized carbons (Fsp3) is 0.923. The van der Waals surface area contributed by atoms with E-state index in [0.29, 0.717) is 24.5 Å². The SMILES string of the molecule is O=CC1CN(C2CC3CCCCC3CC2O)S(=O)(=O)N1. The van der Waals surface area contributed by atoms with E-state index in [4.69, 9.17) is 0 Å². The Bertz CT molecular complexity index is 481. The molecule has 3 fully saturated rings. The lowest BCUT2D eigenvalue weighted by atomic mass is 9.68. The van der Waals surface area contributed by atoms with E-state index in [1.165, 1.54) is 17.1 Å². The molecule has 5 unspecified atom stereocenters. The molecule has 3 rings (SSSR count). The smallest absolute Gasteiger partial charge is 0.280 e. The highest BCUT2D eigenvalue weighted by molar-refractivity contribution is 7.87. The Hall–Kier alpha value is -0.500. The second kappa shape index (κ2) is 5.36. The van der Waals surface area contributed by atoms with Gasteiger partial charge >= 0.3 is 0 Å². The molecule has 1 aliphatic heterocycles. The minimum absolute atomic E-state index is 0.144. The second-order valence-corrected chi connectivity index (χ2v) is 8.00. The topological polar surface area (TPSA) is 86.7 Å². The third kappa shape index (κ3) is 2.52. The van der Waals surface area contributed by atoms with E-state index in [2.05, 4.69) is 4.72 Å². The zero-order valence-corrected chi connectivity index (χ0v) is 12.3. The van der Waals surface area contributed by atoms with Crippen LogP contribution in [0.4, 0.5) is 0 Å². The van der Waals surface area contributed by atoms with Gasteiger partial charge in [-0.05, 0) is 24.7 Å². The van der Waals surface area contributed by atoms with Gasteiger partial charge in [0.25, 0.3) is 10.2 Å². The Morgan fingerprint density at radius 1 is 1.15 bits per heavy atom. The number of nitrogens with one attached hydrogen (secondary N) is 1. The predicted octanol–water partition coefficient (Wildman–Crippen LogP) is 0.0336. The summed E-state index contributed by atoms with van der Waals surface area (Å²) in [5.41, 5.74) is 0. The van der Waals surface area contributed by atoms with Crippen molar-refractivity contribution in [1.82, 2.24) is 9.03 Å². The summed E-state index contributed by atoms with van der Waals surface area (Å²) in [6, 6.07) is -1.06. The van der Waals surface area contributed by atoms with Gasteiger partial charge in [-0.25, -0.2) is 0 Å². The van der Waals surface area contributed by atoms with Crippen LogP contribution in [0, 0.1) is 11.8 Å². The number of aliphatic hydroxyl groups excluding tert-OH is 1. The Labute approximate surface area is 119 Å². The quantitative estimate of drug-likeness (QED) is 0.705. The van der Waals surface area contributed by atoms with Crippen LogP contribution >= 0.6 is 0 Å². The number of carbonyl (C=O) groups excluding carboxylic acids is 1. The molecular formula is C13H22N2O4S. The van der Waals surface area contributed by atoms with Crippen molar-refractivity contribution in [3.63, 3.8) is 0 Å². The molecule has 7 heteroatoms. The molecule has 2 aliphatic carbocycles.